The molecule has 6 heteroatoms. The smallest absolute Gasteiger partial charge is 0.338 e. The average Bonchev–Trinajstić information content (AvgIpc) is 2.37. The van der Waals surface area contributed by atoms with E-state index in [0.717, 1.165) is 0 Å². The minimum Gasteiger partial charge on any atom is -0.465 e. The van der Waals surface area contributed by atoms with Crippen molar-refractivity contribution in [2.45, 2.75) is 0 Å². The number of hydrogen-bond acceptors (Lipinski definition) is 4. The number of esters is 1. The van der Waals surface area contributed by atoms with Crippen LogP contribution in [0, 0.1) is 5.82 Å². The lowest BCUT2D eigenvalue weighted by Gasteiger charge is -2.08. The summed E-state index contributed by atoms with van der Waals surface area (Å²) in [5, 5.41) is -0.0217. The largest absolute Gasteiger partial charge is 0.465 e. The molecular formula is C12H8ClFN2O2. The van der Waals surface area contributed by atoms with Crippen molar-refractivity contribution in [2.24, 2.45) is 0 Å². The molecule has 0 bridgehead atoms. The Bertz CT molecular complexity index is 604. The fourth-order valence-corrected chi connectivity index (χ4v) is 1.69. The molecule has 92 valence electrons. The summed E-state index contributed by atoms with van der Waals surface area (Å²) in [6.07, 6.45) is 1.39. The summed E-state index contributed by atoms with van der Waals surface area (Å²) in [7, 11) is 1.23. The molecule has 2 aromatic rings. The van der Waals surface area contributed by atoms with E-state index in [4.69, 9.17) is 11.6 Å². The Hall–Kier alpha value is -2.01. The van der Waals surface area contributed by atoms with E-state index in [9.17, 15) is 9.18 Å². The lowest BCUT2D eigenvalue weighted by atomic mass is 10.0. The van der Waals surface area contributed by atoms with Crippen molar-refractivity contribution in [3.05, 3.63) is 47.1 Å². The molecule has 0 radical (unpaired) electrons. The fraction of sp³-hybridized carbons (Fsp3) is 0.0833. The van der Waals surface area contributed by atoms with Gasteiger partial charge in [0.25, 0.3) is 0 Å². The summed E-state index contributed by atoms with van der Waals surface area (Å²) in [4.78, 5) is 19.2. The fourth-order valence-electron chi connectivity index (χ4n) is 1.54. The zero-order chi connectivity index (χ0) is 13.1. The molecule has 1 heterocycles. The first kappa shape index (κ1) is 12.4. The molecule has 0 saturated heterocycles. The van der Waals surface area contributed by atoms with Gasteiger partial charge < -0.3 is 4.74 Å². The molecule has 0 aliphatic rings. The van der Waals surface area contributed by atoms with E-state index in [2.05, 4.69) is 14.7 Å². The van der Waals surface area contributed by atoms with Gasteiger partial charge in [0.2, 0.25) is 5.28 Å². The first-order chi connectivity index (χ1) is 8.63. The molecule has 0 spiro atoms. The quantitative estimate of drug-likeness (QED) is 0.619. The van der Waals surface area contributed by atoms with Crippen molar-refractivity contribution in [2.75, 3.05) is 7.11 Å². The van der Waals surface area contributed by atoms with E-state index < -0.39 is 11.8 Å². The van der Waals surface area contributed by atoms with Crippen molar-refractivity contribution in [1.29, 1.82) is 0 Å². The van der Waals surface area contributed by atoms with Gasteiger partial charge in [0.15, 0.2) is 0 Å². The van der Waals surface area contributed by atoms with Gasteiger partial charge in [-0.3, -0.25) is 0 Å². The topological polar surface area (TPSA) is 52.1 Å². The second kappa shape index (κ2) is 5.10. The van der Waals surface area contributed by atoms with Gasteiger partial charge in [-0.05, 0) is 29.8 Å². The lowest BCUT2D eigenvalue weighted by molar-refractivity contribution is 0.0601. The van der Waals surface area contributed by atoms with Crippen LogP contribution in [0.3, 0.4) is 0 Å². The third-order valence-corrected chi connectivity index (χ3v) is 2.48. The standard InChI is InChI=1S/C12H8ClFN2O2/c1-18-11(17)7-3-2-4-8(14)10(7)9-5-6-15-12(13)16-9/h2-6H,1H3. The molecule has 0 atom stereocenters. The Kier molecular flexibility index (Phi) is 3.53. The van der Waals surface area contributed by atoms with E-state index >= 15 is 0 Å². The molecule has 0 aliphatic carbocycles. The van der Waals surface area contributed by atoms with Crippen molar-refractivity contribution < 1.29 is 13.9 Å². The number of nitrogens with zero attached hydrogens (tertiary/aromatic N) is 2. The van der Waals surface area contributed by atoms with Crippen LogP contribution in [0.1, 0.15) is 10.4 Å². The molecule has 0 fully saturated rings. The van der Waals surface area contributed by atoms with Crippen molar-refractivity contribution in [3.63, 3.8) is 0 Å². The number of ether oxygens (including phenoxy) is 1. The van der Waals surface area contributed by atoms with Crippen molar-refractivity contribution in [3.8, 4) is 11.3 Å². The van der Waals surface area contributed by atoms with Crippen LogP contribution in [-0.4, -0.2) is 23.0 Å². The van der Waals surface area contributed by atoms with Crippen LogP contribution in [0.25, 0.3) is 11.3 Å². The molecule has 2 rings (SSSR count). The molecular weight excluding hydrogens is 259 g/mol. The maximum atomic E-state index is 13.9. The van der Waals surface area contributed by atoms with E-state index in [-0.39, 0.29) is 22.1 Å². The van der Waals surface area contributed by atoms with Crippen LogP contribution in [0.2, 0.25) is 5.28 Å². The van der Waals surface area contributed by atoms with Crippen LogP contribution in [0.4, 0.5) is 4.39 Å². The molecule has 0 amide bonds. The average molecular weight is 267 g/mol. The molecule has 0 saturated carbocycles. The van der Waals surface area contributed by atoms with Crippen LogP contribution < -0.4 is 0 Å². The van der Waals surface area contributed by atoms with Gasteiger partial charge >= 0.3 is 5.97 Å². The normalized spacial score (nSPS) is 10.2. The van der Waals surface area contributed by atoms with Gasteiger partial charge in [0.1, 0.15) is 5.82 Å². The number of rotatable bonds is 2. The Morgan fingerprint density at radius 3 is 2.83 bits per heavy atom. The highest BCUT2D eigenvalue weighted by atomic mass is 35.5. The van der Waals surface area contributed by atoms with E-state index in [1.807, 2.05) is 0 Å². The highest BCUT2D eigenvalue weighted by Gasteiger charge is 2.18. The number of benzene rings is 1. The number of carbonyl (C=O) groups excluding carboxylic acids is 1. The number of carbonyl (C=O) groups is 1. The molecule has 18 heavy (non-hydrogen) atoms. The summed E-state index contributed by atoms with van der Waals surface area (Å²) in [6.45, 7) is 0. The molecule has 1 aromatic heterocycles. The number of hydrogen-bond donors (Lipinski definition) is 0. The summed E-state index contributed by atoms with van der Waals surface area (Å²) in [6, 6.07) is 5.59. The Morgan fingerprint density at radius 1 is 1.39 bits per heavy atom. The SMILES string of the molecule is COC(=O)c1cccc(F)c1-c1ccnc(Cl)n1. The van der Waals surface area contributed by atoms with Gasteiger partial charge in [-0.2, -0.15) is 0 Å². The van der Waals surface area contributed by atoms with Crippen LogP contribution in [0.5, 0.6) is 0 Å². The number of methoxy groups -OCH3 is 1. The van der Waals surface area contributed by atoms with E-state index in [1.165, 1.54) is 37.6 Å². The van der Waals surface area contributed by atoms with E-state index in [0.29, 0.717) is 0 Å². The second-order valence-electron chi connectivity index (χ2n) is 3.36. The minimum atomic E-state index is -0.640. The summed E-state index contributed by atoms with van der Waals surface area (Å²) in [5.41, 5.74) is 0.370. The summed E-state index contributed by atoms with van der Waals surface area (Å²) < 4.78 is 18.5. The van der Waals surface area contributed by atoms with Gasteiger partial charge in [0.05, 0.1) is 23.9 Å². The van der Waals surface area contributed by atoms with Gasteiger partial charge in [-0.25, -0.2) is 19.2 Å². The molecule has 0 aliphatic heterocycles. The predicted octanol–water partition coefficient (Wildman–Crippen LogP) is 2.72. The minimum absolute atomic E-state index is 0.0217. The van der Waals surface area contributed by atoms with Gasteiger partial charge in [-0.15, -0.1) is 0 Å². The first-order valence-electron chi connectivity index (χ1n) is 4.99. The Balaban J connectivity index is 2.66. The highest BCUT2D eigenvalue weighted by Crippen LogP contribution is 2.26. The monoisotopic (exact) mass is 266 g/mol. The maximum Gasteiger partial charge on any atom is 0.338 e. The second-order valence-corrected chi connectivity index (χ2v) is 3.70. The van der Waals surface area contributed by atoms with Crippen molar-refractivity contribution >= 4 is 17.6 Å². The zero-order valence-corrected chi connectivity index (χ0v) is 10.1. The summed E-state index contributed by atoms with van der Waals surface area (Å²) in [5.74, 6) is -1.22. The third kappa shape index (κ3) is 2.31. The van der Waals surface area contributed by atoms with Gasteiger partial charge in [0, 0.05) is 6.20 Å². The highest BCUT2D eigenvalue weighted by molar-refractivity contribution is 6.28. The molecule has 0 N–H and O–H groups in total. The van der Waals surface area contributed by atoms with E-state index in [1.54, 1.807) is 0 Å². The first-order valence-corrected chi connectivity index (χ1v) is 5.37. The van der Waals surface area contributed by atoms with Crippen LogP contribution >= 0.6 is 11.6 Å². The lowest BCUT2D eigenvalue weighted by Crippen LogP contribution is -2.05. The number of aromatic nitrogens is 2. The zero-order valence-electron chi connectivity index (χ0n) is 9.35. The van der Waals surface area contributed by atoms with Crippen LogP contribution in [0.15, 0.2) is 30.5 Å². The van der Waals surface area contributed by atoms with Crippen LogP contribution in [-0.2, 0) is 4.74 Å². The van der Waals surface area contributed by atoms with Crippen molar-refractivity contribution in [1.82, 2.24) is 9.97 Å². The Morgan fingerprint density at radius 2 is 2.17 bits per heavy atom. The maximum absolute atomic E-state index is 13.9. The molecule has 4 nitrogen and oxygen atoms in total. The van der Waals surface area contributed by atoms with Gasteiger partial charge in [-0.1, -0.05) is 6.07 Å². The third-order valence-electron chi connectivity index (χ3n) is 2.30. The Labute approximate surface area is 107 Å². The molecule has 0 unspecified atom stereocenters. The molecule has 1 aromatic carbocycles. The predicted molar refractivity (Wildman–Crippen MR) is 63.8 cm³/mol. The number of halogens is 2. The summed E-state index contributed by atoms with van der Waals surface area (Å²) >= 11 is 5.65.